The molecule has 114 valence electrons. The van der Waals surface area contributed by atoms with E-state index in [1.165, 1.54) is 0 Å². The van der Waals surface area contributed by atoms with E-state index in [2.05, 4.69) is 22.2 Å². The molecule has 0 aliphatic rings. The summed E-state index contributed by atoms with van der Waals surface area (Å²) in [6, 6.07) is 0. The number of hydrogen-bond donors (Lipinski definition) is 1. The molecule has 1 rings (SSSR count). The quantitative estimate of drug-likeness (QED) is 0.561. The van der Waals surface area contributed by atoms with E-state index in [1.807, 2.05) is 20.8 Å². The first kappa shape index (κ1) is 17.1. The molecule has 0 spiro atoms. The van der Waals surface area contributed by atoms with Crippen LogP contribution < -0.4 is 5.32 Å². The lowest BCUT2D eigenvalue weighted by molar-refractivity contribution is -0.137. The maximum atomic E-state index is 5.91. The Hall–Kier alpha value is -0.910. The van der Waals surface area contributed by atoms with Gasteiger partial charge < -0.3 is 14.8 Å². The highest BCUT2D eigenvalue weighted by Gasteiger charge is 2.11. The maximum absolute atomic E-state index is 5.91. The summed E-state index contributed by atoms with van der Waals surface area (Å²) in [5.74, 6) is 0.803. The molecule has 20 heavy (non-hydrogen) atoms. The molecule has 5 nitrogen and oxygen atoms in total. The zero-order valence-electron chi connectivity index (χ0n) is 12.7. The fourth-order valence-electron chi connectivity index (χ4n) is 2.03. The van der Waals surface area contributed by atoms with E-state index < -0.39 is 0 Å². The van der Waals surface area contributed by atoms with E-state index in [0.717, 1.165) is 29.9 Å². The van der Waals surface area contributed by atoms with Crippen molar-refractivity contribution in [1.82, 2.24) is 9.97 Å². The Kier molecular flexibility index (Phi) is 7.80. The second kappa shape index (κ2) is 9.10. The van der Waals surface area contributed by atoms with Crippen molar-refractivity contribution < 1.29 is 9.47 Å². The van der Waals surface area contributed by atoms with E-state index in [9.17, 15) is 0 Å². The molecule has 0 unspecified atom stereocenters. The number of anilines is 1. The van der Waals surface area contributed by atoms with E-state index >= 15 is 0 Å². The standard InChI is InChI=1S/C14H24ClN3O2/c1-5-11-10(4)17-14(15)18-13(11)16-9-8-12(19-6-2)20-7-3/h12H,5-9H2,1-4H3,(H,16,17,18). The molecule has 6 heteroatoms. The molecule has 0 aromatic carbocycles. The topological polar surface area (TPSA) is 56.3 Å². The normalized spacial score (nSPS) is 11.1. The van der Waals surface area contributed by atoms with E-state index in [-0.39, 0.29) is 11.6 Å². The summed E-state index contributed by atoms with van der Waals surface area (Å²) >= 11 is 5.91. The van der Waals surface area contributed by atoms with Crippen molar-refractivity contribution in [3.63, 3.8) is 0 Å². The Morgan fingerprint density at radius 2 is 1.80 bits per heavy atom. The maximum Gasteiger partial charge on any atom is 0.224 e. The highest BCUT2D eigenvalue weighted by molar-refractivity contribution is 6.28. The third kappa shape index (κ3) is 5.23. The van der Waals surface area contributed by atoms with Crippen LogP contribution in [0.3, 0.4) is 0 Å². The second-order valence-electron chi connectivity index (χ2n) is 4.31. The Bertz CT molecular complexity index is 410. The van der Waals surface area contributed by atoms with Crippen LogP contribution in [0.4, 0.5) is 5.82 Å². The minimum absolute atomic E-state index is 0.180. The number of nitrogens with zero attached hydrogens (tertiary/aromatic N) is 2. The van der Waals surface area contributed by atoms with Crippen LogP contribution in [0, 0.1) is 6.92 Å². The molecule has 0 fully saturated rings. The molecular weight excluding hydrogens is 278 g/mol. The van der Waals surface area contributed by atoms with Crippen molar-refractivity contribution >= 4 is 17.4 Å². The number of aromatic nitrogens is 2. The lowest BCUT2D eigenvalue weighted by Gasteiger charge is -2.18. The third-order valence-electron chi connectivity index (χ3n) is 2.92. The Morgan fingerprint density at radius 3 is 2.35 bits per heavy atom. The van der Waals surface area contributed by atoms with Gasteiger partial charge in [-0.05, 0) is 38.8 Å². The molecule has 0 atom stereocenters. The molecule has 1 aromatic rings. The molecule has 0 aliphatic carbocycles. The van der Waals surface area contributed by atoms with Crippen molar-refractivity contribution in [3.05, 3.63) is 16.5 Å². The van der Waals surface area contributed by atoms with Crippen molar-refractivity contribution in [2.24, 2.45) is 0 Å². The predicted molar refractivity (Wildman–Crippen MR) is 81.3 cm³/mol. The molecular formula is C14H24ClN3O2. The van der Waals surface area contributed by atoms with Crippen LogP contribution in [0.15, 0.2) is 0 Å². The summed E-state index contributed by atoms with van der Waals surface area (Å²) in [4.78, 5) is 8.43. The highest BCUT2D eigenvalue weighted by Crippen LogP contribution is 2.19. The summed E-state index contributed by atoms with van der Waals surface area (Å²) in [5.41, 5.74) is 2.01. The fraction of sp³-hybridized carbons (Fsp3) is 0.714. The lowest BCUT2D eigenvalue weighted by Crippen LogP contribution is -2.21. The Morgan fingerprint density at radius 1 is 1.15 bits per heavy atom. The van der Waals surface area contributed by atoms with Crippen LogP contribution in [0.25, 0.3) is 0 Å². The van der Waals surface area contributed by atoms with Gasteiger partial charge in [-0.1, -0.05) is 6.92 Å². The van der Waals surface area contributed by atoms with Crippen LogP contribution in [0.2, 0.25) is 5.28 Å². The van der Waals surface area contributed by atoms with Gasteiger partial charge in [0.05, 0.1) is 0 Å². The summed E-state index contributed by atoms with van der Waals surface area (Å²) in [5, 5.41) is 3.57. The number of rotatable bonds is 9. The Labute approximate surface area is 126 Å². The van der Waals surface area contributed by atoms with Gasteiger partial charge in [-0.25, -0.2) is 9.97 Å². The average molecular weight is 302 g/mol. The van der Waals surface area contributed by atoms with Gasteiger partial charge in [0.1, 0.15) is 5.82 Å². The summed E-state index contributed by atoms with van der Waals surface area (Å²) in [6.45, 7) is 9.94. The van der Waals surface area contributed by atoms with E-state index in [0.29, 0.717) is 19.8 Å². The van der Waals surface area contributed by atoms with Gasteiger partial charge in [-0.3, -0.25) is 0 Å². The molecule has 1 N–H and O–H groups in total. The van der Waals surface area contributed by atoms with Crippen molar-refractivity contribution in [1.29, 1.82) is 0 Å². The minimum Gasteiger partial charge on any atom is -0.369 e. The first-order valence-electron chi connectivity index (χ1n) is 7.12. The van der Waals surface area contributed by atoms with Crippen LogP contribution in [0.1, 0.15) is 38.4 Å². The SMILES string of the molecule is CCOC(CCNc1nc(Cl)nc(C)c1CC)OCC. The molecule has 0 bridgehead atoms. The van der Waals surface area contributed by atoms with Crippen molar-refractivity contribution in [2.75, 3.05) is 25.1 Å². The van der Waals surface area contributed by atoms with Gasteiger partial charge >= 0.3 is 0 Å². The van der Waals surface area contributed by atoms with Gasteiger partial charge in [0, 0.05) is 37.4 Å². The smallest absolute Gasteiger partial charge is 0.224 e. The minimum atomic E-state index is -0.180. The summed E-state index contributed by atoms with van der Waals surface area (Å²) < 4.78 is 11.0. The van der Waals surface area contributed by atoms with Gasteiger partial charge in [-0.15, -0.1) is 0 Å². The molecule has 0 saturated heterocycles. The zero-order chi connectivity index (χ0) is 15.0. The summed E-state index contributed by atoms with van der Waals surface area (Å²) in [7, 11) is 0. The van der Waals surface area contributed by atoms with Gasteiger partial charge in [0.25, 0.3) is 0 Å². The van der Waals surface area contributed by atoms with Gasteiger partial charge in [-0.2, -0.15) is 0 Å². The zero-order valence-corrected chi connectivity index (χ0v) is 13.5. The molecule has 0 amide bonds. The predicted octanol–water partition coefficient (Wildman–Crippen LogP) is 3.20. The Balaban J connectivity index is 2.60. The molecule has 0 radical (unpaired) electrons. The van der Waals surface area contributed by atoms with Gasteiger partial charge in [0.2, 0.25) is 5.28 Å². The largest absolute Gasteiger partial charge is 0.369 e. The molecule has 1 aromatic heterocycles. The van der Waals surface area contributed by atoms with Crippen LogP contribution in [-0.4, -0.2) is 36.0 Å². The fourth-order valence-corrected chi connectivity index (χ4v) is 2.24. The summed E-state index contributed by atoms with van der Waals surface area (Å²) in [6.07, 6.45) is 1.44. The first-order valence-corrected chi connectivity index (χ1v) is 7.50. The van der Waals surface area contributed by atoms with Crippen LogP contribution in [0.5, 0.6) is 0 Å². The average Bonchev–Trinajstić information content (AvgIpc) is 2.38. The molecule has 1 heterocycles. The molecule has 0 aliphatic heterocycles. The van der Waals surface area contributed by atoms with E-state index in [4.69, 9.17) is 21.1 Å². The lowest BCUT2D eigenvalue weighted by atomic mass is 10.1. The second-order valence-corrected chi connectivity index (χ2v) is 4.65. The number of halogens is 1. The van der Waals surface area contributed by atoms with E-state index in [1.54, 1.807) is 0 Å². The number of aryl methyl sites for hydroxylation is 1. The van der Waals surface area contributed by atoms with Crippen LogP contribution in [-0.2, 0) is 15.9 Å². The number of nitrogens with one attached hydrogen (secondary N) is 1. The number of ether oxygens (including phenoxy) is 2. The number of hydrogen-bond acceptors (Lipinski definition) is 5. The van der Waals surface area contributed by atoms with Crippen molar-refractivity contribution in [3.8, 4) is 0 Å². The first-order chi connectivity index (χ1) is 9.62. The van der Waals surface area contributed by atoms with Gasteiger partial charge in [0.15, 0.2) is 6.29 Å². The van der Waals surface area contributed by atoms with Crippen molar-refractivity contribution in [2.45, 2.75) is 46.8 Å². The third-order valence-corrected chi connectivity index (χ3v) is 3.09. The van der Waals surface area contributed by atoms with Crippen LogP contribution >= 0.6 is 11.6 Å². The molecule has 0 saturated carbocycles. The highest BCUT2D eigenvalue weighted by atomic mass is 35.5. The monoisotopic (exact) mass is 301 g/mol.